The molecule has 0 spiro atoms. The van der Waals surface area contributed by atoms with Crippen molar-refractivity contribution in [2.75, 3.05) is 31.5 Å². The molecule has 1 aliphatic heterocycles. The van der Waals surface area contributed by atoms with Crippen molar-refractivity contribution in [3.05, 3.63) is 24.3 Å². The molecule has 23 heavy (non-hydrogen) atoms. The number of benzene rings is 1. The first kappa shape index (κ1) is 17.9. The first-order chi connectivity index (χ1) is 10.6. The quantitative estimate of drug-likeness (QED) is 0.911. The number of carbonyl (C=O) groups excluding carboxylic acids is 1. The van der Waals surface area contributed by atoms with Gasteiger partial charge in [-0.15, -0.1) is 0 Å². The number of hydrogen-bond acceptors (Lipinski definition) is 4. The van der Waals surface area contributed by atoms with Gasteiger partial charge in [0.15, 0.2) is 0 Å². The Labute approximate surface area is 138 Å². The molecule has 6 nitrogen and oxygen atoms in total. The Kier molecular flexibility index (Phi) is 5.13. The van der Waals surface area contributed by atoms with E-state index < -0.39 is 10.0 Å². The number of nitrogens with one attached hydrogen (secondary N) is 1. The van der Waals surface area contributed by atoms with Gasteiger partial charge in [-0.25, -0.2) is 8.42 Å². The van der Waals surface area contributed by atoms with Crippen molar-refractivity contribution in [3.8, 4) is 0 Å². The molecule has 1 N–H and O–H groups in total. The molecule has 0 radical (unpaired) electrons. The summed E-state index contributed by atoms with van der Waals surface area (Å²) in [6, 6.07) is 6.30. The first-order valence-corrected chi connectivity index (χ1v) is 9.17. The second-order valence-electron chi connectivity index (χ2n) is 6.77. The lowest BCUT2D eigenvalue weighted by Crippen LogP contribution is -2.54. The van der Waals surface area contributed by atoms with Crippen LogP contribution >= 0.6 is 0 Å². The van der Waals surface area contributed by atoms with E-state index in [0.717, 1.165) is 13.1 Å². The van der Waals surface area contributed by atoms with Crippen LogP contribution in [-0.4, -0.2) is 55.2 Å². The molecule has 0 unspecified atom stereocenters. The van der Waals surface area contributed by atoms with E-state index >= 15 is 0 Å². The molecule has 1 saturated heterocycles. The molecule has 0 aromatic heterocycles. The lowest BCUT2D eigenvalue weighted by molar-refractivity contribution is -0.114. The molecule has 1 aliphatic rings. The predicted octanol–water partition coefficient (Wildman–Crippen LogP) is 1.75. The van der Waals surface area contributed by atoms with Crippen LogP contribution < -0.4 is 5.32 Å². The lowest BCUT2D eigenvalue weighted by atomic mass is 10.1. The SMILES string of the molecule is CC(=O)Nc1ccc(S(=O)(=O)N2CCN(C(C)(C)C)CC2)cc1. The van der Waals surface area contributed by atoms with E-state index in [-0.39, 0.29) is 16.3 Å². The van der Waals surface area contributed by atoms with Gasteiger partial charge in [0.05, 0.1) is 4.90 Å². The van der Waals surface area contributed by atoms with E-state index in [2.05, 4.69) is 31.0 Å². The number of rotatable bonds is 3. The number of anilines is 1. The average molecular weight is 339 g/mol. The number of piperazine rings is 1. The van der Waals surface area contributed by atoms with Crippen molar-refractivity contribution >= 4 is 21.6 Å². The Morgan fingerprint density at radius 3 is 2.00 bits per heavy atom. The number of sulfonamides is 1. The minimum absolute atomic E-state index is 0.0514. The second-order valence-corrected chi connectivity index (χ2v) is 8.71. The molecule has 1 heterocycles. The summed E-state index contributed by atoms with van der Waals surface area (Å²) >= 11 is 0. The molecular formula is C16H25N3O3S. The molecule has 0 atom stereocenters. The van der Waals surface area contributed by atoms with Crippen molar-refractivity contribution in [2.45, 2.75) is 38.1 Å². The van der Waals surface area contributed by atoms with E-state index in [0.29, 0.717) is 18.8 Å². The maximum atomic E-state index is 12.7. The summed E-state index contributed by atoms with van der Waals surface area (Å²) in [6.45, 7) is 10.3. The number of amides is 1. The maximum Gasteiger partial charge on any atom is 0.243 e. The van der Waals surface area contributed by atoms with E-state index in [9.17, 15) is 13.2 Å². The molecule has 2 rings (SSSR count). The molecule has 1 aromatic carbocycles. The van der Waals surface area contributed by atoms with Gasteiger partial charge < -0.3 is 5.32 Å². The zero-order valence-corrected chi connectivity index (χ0v) is 15.0. The molecule has 0 saturated carbocycles. The van der Waals surface area contributed by atoms with Crippen LogP contribution in [0.2, 0.25) is 0 Å². The fourth-order valence-corrected chi connectivity index (χ4v) is 4.08. The number of carbonyl (C=O) groups is 1. The van der Waals surface area contributed by atoms with Gasteiger partial charge in [0.2, 0.25) is 15.9 Å². The molecule has 128 valence electrons. The summed E-state index contributed by atoms with van der Waals surface area (Å²) in [5.74, 6) is -0.182. The molecule has 1 amide bonds. The lowest BCUT2D eigenvalue weighted by Gasteiger charge is -2.41. The highest BCUT2D eigenvalue weighted by Crippen LogP contribution is 2.22. The topological polar surface area (TPSA) is 69.7 Å². The van der Waals surface area contributed by atoms with Gasteiger partial charge in [-0.1, -0.05) is 0 Å². The Hall–Kier alpha value is -1.44. The predicted molar refractivity (Wildman–Crippen MR) is 90.8 cm³/mol. The van der Waals surface area contributed by atoms with Gasteiger partial charge in [-0.3, -0.25) is 9.69 Å². The van der Waals surface area contributed by atoms with Gasteiger partial charge in [0, 0.05) is 44.3 Å². The van der Waals surface area contributed by atoms with E-state index in [4.69, 9.17) is 0 Å². The fraction of sp³-hybridized carbons (Fsp3) is 0.562. The van der Waals surface area contributed by atoms with Gasteiger partial charge in [0.1, 0.15) is 0 Å². The van der Waals surface area contributed by atoms with Gasteiger partial charge in [0.25, 0.3) is 0 Å². The van der Waals surface area contributed by atoms with Crippen molar-refractivity contribution < 1.29 is 13.2 Å². The Balaban J connectivity index is 2.09. The third-order valence-electron chi connectivity index (χ3n) is 4.00. The van der Waals surface area contributed by atoms with Crippen LogP contribution in [0.3, 0.4) is 0 Å². The highest BCUT2D eigenvalue weighted by atomic mass is 32.2. The standard InChI is InChI=1S/C16H25N3O3S/c1-13(20)17-14-5-7-15(8-6-14)23(21,22)19-11-9-18(10-12-19)16(2,3)4/h5-8H,9-12H2,1-4H3,(H,17,20). The van der Waals surface area contributed by atoms with Crippen molar-refractivity contribution in [2.24, 2.45) is 0 Å². The third kappa shape index (κ3) is 4.31. The molecule has 1 aromatic rings. The monoisotopic (exact) mass is 339 g/mol. The van der Waals surface area contributed by atoms with Crippen LogP contribution in [0.1, 0.15) is 27.7 Å². The highest BCUT2D eigenvalue weighted by Gasteiger charge is 2.32. The zero-order valence-electron chi connectivity index (χ0n) is 14.2. The number of nitrogens with zero attached hydrogens (tertiary/aromatic N) is 2. The van der Waals surface area contributed by atoms with Crippen LogP contribution in [0.15, 0.2) is 29.2 Å². The molecule has 0 aliphatic carbocycles. The van der Waals surface area contributed by atoms with Gasteiger partial charge in [-0.05, 0) is 45.0 Å². The van der Waals surface area contributed by atoms with E-state index in [1.54, 1.807) is 12.1 Å². The van der Waals surface area contributed by atoms with Crippen molar-refractivity contribution in [3.63, 3.8) is 0 Å². The Bertz CT molecular complexity index is 655. The Morgan fingerprint density at radius 1 is 1.04 bits per heavy atom. The smallest absolute Gasteiger partial charge is 0.243 e. The first-order valence-electron chi connectivity index (χ1n) is 7.73. The molecule has 1 fully saturated rings. The largest absolute Gasteiger partial charge is 0.326 e. The van der Waals surface area contributed by atoms with E-state index in [1.165, 1.54) is 23.4 Å². The summed E-state index contributed by atoms with van der Waals surface area (Å²) in [6.07, 6.45) is 0. The third-order valence-corrected chi connectivity index (χ3v) is 5.91. The summed E-state index contributed by atoms with van der Waals surface area (Å²) < 4.78 is 26.9. The summed E-state index contributed by atoms with van der Waals surface area (Å²) in [5, 5.41) is 2.63. The average Bonchev–Trinajstić information content (AvgIpc) is 2.46. The normalized spacial score (nSPS) is 17.9. The molecule has 7 heteroatoms. The Morgan fingerprint density at radius 2 is 1.57 bits per heavy atom. The van der Waals surface area contributed by atoms with Crippen LogP contribution in [0.25, 0.3) is 0 Å². The van der Waals surface area contributed by atoms with Crippen molar-refractivity contribution in [1.82, 2.24) is 9.21 Å². The highest BCUT2D eigenvalue weighted by molar-refractivity contribution is 7.89. The minimum atomic E-state index is -3.48. The summed E-state index contributed by atoms with van der Waals surface area (Å²) in [5.41, 5.74) is 0.643. The van der Waals surface area contributed by atoms with Crippen LogP contribution in [0.5, 0.6) is 0 Å². The summed E-state index contributed by atoms with van der Waals surface area (Å²) in [4.78, 5) is 13.6. The molecular weight excluding hydrogens is 314 g/mol. The fourth-order valence-electron chi connectivity index (χ4n) is 2.66. The van der Waals surface area contributed by atoms with Gasteiger partial charge in [-0.2, -0.15) is 4.31 Å². The summed E-state index contributed by atoms with van der Waals surface area (Å²) in [7, 11) is -3.48. The molecule has 0 bridgehead atoms. The van der Waals surface area contributed by atoms with Crippen LogP contribution in [-0.2, 0) is 14.8 Å². The van der Waals surface area contributed by atoms with Gasteiger partial charge >= 0.3 is 0 Å². The minimum Gasteiger partial charge on any atom is -0.326 e. The van der Waals surface area contributed by atoms with E-state index in [1.807, 2.05) is 0 Å². The van der Waals surface area contributed by atoms with Crippen LogP contribution in [0.4, 0.5) is 5.69 Å². The second kappa shape index (κ2) is 6.59. The zero-order chi connectivity index (χ0) is 17.3. The maximum absolute atomic E-state index is 12.7. The number of hydrogen-bond donors (Lipinski definition) is 1. The van der Waals surface area contributed by atoms with Crippen molar-refractivity contribution in [1.29, 1.82) is 0 Å². The van der Waals surface area contributed by atoms with Crippen LogP contribution in [0, 0.1) is 0 Å².